The summed E-state index contributed by atoms with van der Waals surface area (Å²) in [6.45, 7) is 1.08. The molecule has 7 rings (SSSR count). The minimum Gasteiger partial charge on any atom is -0.504 e. The van der Waals surface area contributed by atoms with Gasteiger partial charge in [-0.15, -0.1) is 0 Å². The van der Waals surface area contributed by atoms with Crippen molar-refractivity contribution in [1.29, 1.82) is 0 Å². The number of benzene rings is 4. The molecule has 8 heteroatoms. The molecule has 1 aromatic heterocycles. The molecule has 8 nitrogen and oxygen atoms in total. The first-order valence-corrected chi connectivity index (χ1v) is 13.8. The van der Waals surface area contributed by atoms with E-state index in [9.17, 15) is 19.8 Å². The molecule has 42 heavy (non-hydrogen) atoms. The lowest BCUT2D eigenvalue weighted by Crippen LogP contribution is -2.22. The molecule has 0 aliphatic carbocycles. The SMILES string of the molecule is O=C1CC(c2ccccc2OCCc2ccc3c(c2)CCO3)c2c(c(O)c(O)c3c(=O)cc(-c4ccccc4)oc23)O1. The lowest BCUT2D eigenvalue weighted by Gasteiger charge is -2.28. The molecule has 0 fully saturated rings. The van der Waals surface area contributed by atoms with E-state index in [2.05, 4.69) is 6.07 Å². The first kappa shape index (κ1) is 25.7. The van der Waals surface area contributed by atoms with Gasteiger partial charge in [0.2, 0.25) is 5.75 Å². The van der Waals surface area contributed by atoms with E-state index in [1.54, 1.807) is 12.1 Å². The van der Waals surface area contributed by atoms with Crippen molar-refractivity contribution in [2.75, 3.05) is 13.2 Å². The molecular weight excluding hydrogens is 536 g/mol. The van der Waals surface area contributed by atoms with Gasteiger partial charge in [0.15, 0.2) is 16.9 Å². The maximum Gasteiger partial charge on any atom is 0.312 e. The fraction of sp³-hybridized carbons (Fsp3) is 0.176. The topological polar surface area (TPSA) is 115 Å². The van der Waals surface area contributed by atoms with Crippen molar-refractivity contribution in [2.24, 2.45) is 0 Å². The monoisotopic (exact) mass is 562 g/mol. The van der Waals surface area contributed by atoms with Gasteiger partial charge in [-0.25, -0.2) is 0 Å². The number of esters is 1. The summed E-state index contributed by atoms with van der Waals surface area (Å²) in [5.41, 5.74) is 3.44. The number of ether oxygens (including phenoxy) is 3. The number of hydrogen-bond acceptors (Lipinski definition) is 8. The lowest BCUT2D eigenvalue weighted by molar-refractivity contribution is -0.135. The number of fused-ring (bicyclic) bond motifs is 4. The largest absolute Gasteiger partial charge is 0.504 e. The Morgan fingerprint density at radius 1 is 0.905 bits per heavy atom. The highest BCUT2D eigenvalue weighted by Gasteiger charge is 2.38. The maximum absolute atomic E-state index is 13.3. The van der Waals surface area contributed by atoms with E-state index < -0.39 is 28.8 Å². The molecule has 0 radical (unpaired) electrons. The minimum atomic E-state index is -0.699. The molecule has 5 aromatic rings. The van der Waals surface area contributed by atoms with Crippen LogP contribution in [-0.2, 0) is 17.6 Å². The third-order valence-electron chi connectivity index (χ3n) is 7.80. The van der Waals surface area contributed by atoms with E-state index in [4.69, 9.17) is 18.6 Å². The quantitative estimate of drug-likeness (QED) is 0.150. The zero-order valence-corrected chi connectivity index (χ0v) is 22.5. The summed E-state index contributed by atoms with van der Waals surface area (Å²) < 4.78 is 23.6. The Bertz CT molecular complexity index is 1910. The number of phenols is 2. The molecule has 1 atom stereocenters. The van der Waals surface area contributed by atoms with Crippen LogP contribution < -0.4 is 19.6 Å². The maximum atomic E-state index is 13.3. The van der Waals surface area contributed by atoms with Crippen molar-refractivity contribution in [1.82, 2.24) is 0 Å². The Morgan fingerprint density at radius 3 is 2.57 bits per heavy atom. The van der Waals surface area contributed by atoms with Gasteiger partial charge in [-0.1, -0.05) is 60.7 Å². The third-order valence-corrected chi connectivity index (χ3v) is 7.80. The zero-order valence-electron chi connectivity index (χ0n) is 22.5. The van der Waals surface area contributed by atoms with Gasteiger partial charge in [-0.05, 0) is 23.3 Å². The van der Waals surface area contributed by atoms with Crippen molar-refractivity contribution in [3.05, 3.63) is 111 Å². The average molecular weight is 563 g/mol. The number of carbonyl (C=O) groups excluding carboxylic acids is 1. The smallest absolute Gasteiger partial charge is 0.312 e. The van der Waals surface area contributed by atoms with E-state index in [0.29, 0.717) is 42.1 Å². The van der Waals surface area contributed by atoms with Gasteiger partial charge in [0.05, 0.1) is 25.2 Å². The summed E-state index contributed by atoms with van der Waals surface area (Å²) in [5.74, 6) is -1.14. The number of aromatic hydroxyl groups is 2. The molecule has 4 aromatic carbocycles. The molecule has 2 aliphatic rings. The van der Waals surface area contributed by atoms with E-state index >= 15 is 0 Å². The van der Waals surface area contributed by atoms with Crippen LogP contribution >= 0.6 is 0 Å². The van der Waals surface area contributed by atoms with Crippen molar-refractivity contribution in [3.8, 4) is 40.1 Å². The fourth-order valence-corrected chi connectivity index (χ4v) is 5.79. The van der Waals surface area contributed by atoms with Crippen LogP contribution in [0.25, 0.3) is 22.3 Å². The molecular formula is C34H26O8. The molecule has 1 unspecified atom stereocenters. The van der Waals surface area contributed by atoms with Gasteiger partial charge in [-0.3, -0.25) is 9.59 Å². The Kier molecular flexibility index (Phi) is 6.31. The first-order chi connectivity index (χ1) is 20.5. The summed E-state index contributed by atoms with van der Waals surface area (Å²) in [5, 5.41) is 21.5. The summed E-state index contributed by atoms with van der Waals surface area (Å²) in [6.07, 6.45) is 1.47. The summed E-state index contributed by atoms with van der Waals surface area (Å²) in [6, 6.07) is 23.8. The van der Waals surface area contributed by atoms with Crippen LogP contribution in [0.15, 0.2) is 88.1 Å². The van der Waals surface area contributed by atoms with Crippen LogP contribution in [0, 0.1) is 0 Å². The number of rotatable bonds is 6. The summed E-state index contributed by atoms with van der Waals surface area (Å²) >= 11 is 0. The van der Waals surface area contributed by atoms with E-state index in [-0.39, 0.29) is 28.9 Å². The Hall–Kier alpha value is -5.24. The number of carbonyl (C=O) groups is 1. The van der Waals surface area contributed by atoms with Gasteiger partial charge < -0.3 is 28.8 Å². The number of hydrogen-bond donors (Lipinski definition) is 2. The molecule has 2 N–H and O–H groups in total. The second-order valence-corrected chi connectivity index (χ2v) is 10.4. The fourth-order valence-electron chi connectivity index (χ4n) is 5.79. The molecule has 0 spiro atoms. The van der Waals surface area contributed by atoms with Crippen molar-refractivity contribution >= 4 is 16.9 Å². The molecule has 0 saturated heterocycles. The van der Waals surface area contributed by atoms with E-state index in [0.717, 1.165) is 17.7 Å². The Labute approximate surface area is 240 Å². The van der Waals surface area contributed by atoms with Gasteiger partial charge in [0.1, 0.15) is 28.2 Å². The predicted octanol–water partition coefficient (Wildman–Crippen LogP) is 5.87. The Morgan fingerprint density at radius 2 is 1.71 bits per heavy atom. The second-order valence-electron chi connectivity index (χ2n) is 10.4. The van der Waals surface area contributed by atoms with Gasteiger partial charge in [0.25, 0.3) is 0 Å². The Balaban J connectivity index is 1.31. The zero-order chi connectivity index (χ0) is 28.8. The molecule has 3 heterocycles. The van der Waals surface area contributed by atoms with Crippen LogP contribution in [0.4, 0.5) is 0 Å². The second kappa shape index (κ2) is 10.3. The first-order valence-electron chi connectivity index (χ1n) is 13.8. The number of phenolic OH excluding ortho intramolecular Hbond substituents is 2. The van der Waals surface area contributed by atoms with Crippen LogP contribution in [-0.4, -0.2) is 29.4 Å². The summed E-state index contributed by atoms with van der Waals surface area (Å²) in [4.78, 5) is 26.1. The lowest BCUT2D eigenvalue weighted by atomic mass is 9.84. The molecule has 2 aliphatic heterocycles. The molecule has 0 saturated carbocycles. The third kappa shape index (κ3) is 4.41. The predicted molar refractivity (Wildman–Crippen MR) is 155 cm³/mol. The highest BCUT2D eigenvalue weighted by atomic mass is 16.5. The van der Waals surface area contributed by atoms with Crippen LogP contribution in [0.5, 0.6) is 28.7 Å². The van der Waals surface area contributed by atoms with Crippen LogP contribution in [0.3, 0.4) is 0 Å². The van der Waals surface area contributed by atoms with E-state index in [1.807, 2.05) is 54.6 Å². The number of para-hydroxylation sites is 1. The van der Waals surface area contributed by atoms with Gasteiger partial charge in [-0.2, -0.15) is 0 Å². The van der Waals surface area contributed by atoms with Crippen molar-refractivity contribution in [3.63, 3.8) is 0 Å². The minimum absolute atomic E-state index is 0.0410. The normalized spacial score (nSPS) is 15.5. The van der Waals surface area contributed by atoms with Crippen LogP contribution in [0.2, 0.25) is 0 Å². The van der Waals surface area contributed by atoms with E-state index in [1.165, 1.54) is 11.6 Å². The van der Waals surface area contributed by atoms with Crippen molar-refractivity contribution in [2.45, 2.75) is 25.2 Å². The van der Waals surface area contributed by atoms with Crippen LogP contribution in [0.1, 0.15) is 34.6 Å². The summed E-state index contributed by atoms with van der Waals surface area (Å²) in [7, 11) is 0. The molecule has 0 amide bonds. The molecule has 210 valence electrons. The highest BCUT2D eigenvalue weighted by Crippen LogP contribution is 2.53. The average Bonchev–Trinajstić information content (AvgIpc) is 3.48. The molecule has 0 bridgehead atoms. The highest BCUT2D eigenvalue weighted by molar-refractivity contribution is 5.96. The standard InChI is InChI=1S/C34H26O8/c35-24-18-27(20-6-2-1-3-7-20)41-33-29-23(17-28(36)42-34(29)32(38)31(37)30(24)33)22-8-4-5-9-26(22)40-14-12-19-10-11-25-21(16-19)13-15-39-25/h1-11,16,18,23,37-38H,12-15,17H2. The van der Waals surface area contributed by atoms with Gasteiger partial charge >= 0.3 is 5.97 Å². The van der Waals surface area contributed by atoms with Crippen molar-refractivity contribution < 1.29 is 33.6 Å². The van der Waals surface area contributed by atoms with Gasteiger partial charge in [0, 0.05) is 36.0 Å².